The molecule has 0 spiro atoms. The highest BCUT2D eigenvalue weighted by Gasteiger charge is 2.24. The number of nitrogens with zero attached hydrogens (tertiary/aromatic N) is 1. The van der Waals surface area contributed by atoms with Crippen molar-refractivity contribution in [3.63, 3.8) is 0 Å². The van der Waals surface area contributed by atoms with E-state index in [9.17, 15) is 14.4 Å². The van der Waals surface area contributed by atoms with Gasteiger partial charge in [0.1, 0.15) is 12.1 Å². The Morgan fingerprint density at radius 1 is 1.04 bits per heavy atom. The van der Waals surface area contributed by atoms with Crippen LogP contribution >= 0.6 is 0 Å². The average molecular weight is 328 g/mol. The molecule has 8 nitrogen and oxygen atoms in total. The number of hydrogen-bond donors (Lipinski definition) is 3. The minimum absolute atomic E-state index is 0.0922. The molecule has 2 fully saturated rings. The molecule has 8 heteroatoms. The molecule has 3 amide bonds. The number of ether oxygens (including phenoxy) is 1. The summed E-state index contributed by atoms with van der Waals surface area (Å²) in [5.74, 6) is -0.0131. The van der Waals surface area contributed by atoms with Crippen LogP contribution in [0, 0.1) is 0 Å². The fourth-order valence-corrected chi connectivity index (χ4v) is 1.99. The van der Waals surface area contributed by atoms with E-state index in [1.165, 1.54) is 4.90 Å². The molecule has 0 bridgehead atoms. The van der Waals surface area contributed by atoms with E-state index in [-0.39, 0.29) is 18.4 Å². The maximum Gasteiger partial charge on any atom is 0.410 e. The van der Waals surface area contributed by atoms with Crippen molar-refractivity contribution in [3.05, 3.63) is 0 Å². The maximum absolute atomic E-state index is 11.6. The predicted octanol–water partition coefficient (Wildman–Crippen LogP) is -0.161. The van der Waals surface area contributed by atoms with Crippen LogP contribution in [-0.2, 0) is 14.3 Å². The third-order valence-corrected chi connectivity index (χ3v) is 3.05. The zero-order valence-corrected chi connectivity index (χ0v) is 14.2. The second-order valence-electron chi connectivity index (χ2n) is 6.49. The molecule has 132 valence electrons. The standard InChI is InChI=1S/C10H18N2O3.C5H10N2O/c1-10(2,3)15-9(14)12-6-4-5-11-8(13)7-12;8-5-4-6-2-1-3-7-5/h4-7H2,1-3H3,(H,11,13);6H,1-4H2,(H,7,8). The molecule has 3 N–H and O–H groups in total. The highest BCUT2D eigenvalue weighted by Crippen LogP contribution is 2.10. The number of rotatable bonds is 0. The summed E-state index contributed by atoms with van der Waals surface area (Å²) in [5, 5.41) is 8.43. The van der Waals surface area contributed by atoms with E-state index in [0.717, 1.165) is 25.9 Å². The summed E-state index contributed by atoms with van der Waals surface area (Å²) < 4.78 is 5.19. The van der Waals surface area contributed by atoms with Gasteiger partial charge in [0.15, 0.2) is 0 Å². The Hall–Kier alpha value is -1.83. The van der Waals surface area contributed by atoms with Gasteiger partial charge in [0.05, 0.1) is 6.54 Å². The Morgan fingerprint density at radius 3 is 2.39 bits per heavy atom. The van der Waals surface area contributed by atoms with E-state index in [2.05, 4.69) is 16.0 Å². The van der Waals surface area contributed by atoms with Crippen molar-refractivity contribution in [3.8, 4) is 0 Å². The lowest BCUT2D eigenvalue weighted by Gasteiger charge is -2.25. The largest absolute Gasteiger partial charge is 0.444 e. The molecule has 0 unspecified atom stereocenters. The summed E-state index contributed by atoms with van der Waals surface area (Å²) in [5.41, 5.74) is -0.514. The predicted molar refractivity (Wildman–Crippen MR) is 85.9 cm³/mol. The molecule has 0 atom stereocenters. The Morgan fingerprint density at radius 2 is 1.70 bits per heavy atom. The first-order chi connectivity index (χ1) is 10.8. The van der Waals surface area contributed by atoms with Crippen LogP contribution in [0.25, 0.3) is 0 Å². The Bertz CT molecular complexity index is 410. The molecular weight excluding hydrogens is 300 g/mol. The van der Waals surface area contributed by atoms with Crippen molar-refractivity contribution < 1.29 is 19.1 Å². The molecule has 0 aliphatic carbocycles. The molecular formula is C15H28N4O4. The van der Waals surface area contributed by atoms with Gasteiger partial charge in [-0.25, -0.2) is 4.79 Å². The highest BCUT2D eigenvalue weighted by molar-refractivity contribution is 5.82. The third-order valence-electron chi connectivity index (χ3n) is 3.05. The van der Waals surface area contributed by atoms with Crippen molar-refractivity contribution in [1.82, 2.24) is 20.9 Å². The van der Waals surface area contributed by atoms with Crippen LogP contribution in [0.2, 0.25) is 0 Å². The smallest absolute Gasteiger partial charge is 0.410 e. The summed E-state index contributed by atoms with van der Waals surface area (Å²) in [6.45, 7) is 8.97. The summed E-state index contributed by atoms with van der Waals surface area (Å²) in [7, 11) is 0. The third kappa shape index (κ3) is 9.02. The lowest BCUT2D eigenvalue weighted by molar-refractivity contribution is -0.121. The number of nitrogens with one attached hydrogen (secondary N) is 3. The van der Waals surface area contributed by atoms with Gasteiger partial charge in [-0.1, -0.05) is 0 Å². The van der Waals surface area contributed by atoms with Gasteiger partial charge in [0.25, 0.3) is 0 Å². The van der Waals surface area contributed by atoms with Crippen LogP contribution in [0.4, 0.5) is 4.79 Å². The average Bonchev–Trinajstić information content (AvgIpc) is 2.80. The molecule has 2 aliphatic heterocycles. The number of carbonyl (C=O) groups excluding carboxylic acids is 3. The molecule has 0 aromatic rings. The van der Waals surface area contributed by atoms with E-state index in [4.69, 9.17) is 4.74 Å². The Kier molecular flexibility index (Phi) is 7.80. The second kappa shape index (κ2) is 9.34. The molecule has 0 aromatic carbocycles. The Labute approximate surface area is 137 Å². The SMILES string of the molecule is CC(C)(C)OC(=O)N1CCCNC(=O)C1.O=C1CNCCCN1. The molecule has 2 heterocycles. The van der Waals surface area contributed by atoms with Crippen LogP contribution in [0.5, 0.6) is 0 Å². The molecule has 2 saturated heterocycles. The molecule has 2 aliphatic rings. The topological polar surface area (TPSA) is 99.8 Å². The van der Waals surface area contributed by atoms with E-state index in [1.54, 1.807) is 0 Å². The minimum Gasteiger partial charge on any atom is -0.444 e. The van der Waals surface area contributed by atoms with Gasteiger partial charge in [-0.2, -0.15) is 0 Å². The zero-order valence-electron chi connectivity index (χ0n) is 14.2. The first-order valence-electron chi connectivity index (χ1n) is 8.00. The van der Waals surface area contributed by atoms with Crippen molar-refractivity contribution >= 4 is 17.9 Å². The Balaban J connectivity index is 0.000000277. The summed E-state index contributed by atoms with van der Waals surface area (Å²) in [4.78, 5) is 34.8. The quantitative estimate of drug-likeness (QED) is 0.574. The fourth-order valence-electron chi connectivity index (χ4n) is 1.99. The first kappa shape index (κ1) is 19.2. The second-order valence-corrected chi connectivity index (χ2v) is 6.49. The van der Waals surface area contributed by atoms with Crippen molar-refractivity contribution in [2.24, 2.45) is 0 Å². The van der Waals surface area contributed by atoms with Crippen LogP contribution in [0.15, 0.2) is 0 Å². The van der Waals surface area contributed by atoms with E-state index >= 15 is 0 Å². The van der Waals surface area contributed by atoms with Crippen molar-refractivity contribution in [2.75, 3.05) is 39.3 Å². The van der Waals surface area contributed by atoms with E-state index < -0.39 is 11.7 Å². The minimum atomic E-state index is -0.514. The van der Waals surface area contributed by atoms with Gasteiger partial charge >= 0.3 is 6.09 Å². The van der Waals surface area contributed by atoms with Crippen molar-refractivity contribution in [1.29, 1.82) is 0 Å². The summed E-state index contributed by atoms with van der Waals surface area (Å²) in [6, 6.07) is 0. The lowest BCUT2D eigenvalue weighted by Crippen LogP contribution is -2.40. The fraction of sp³-hybridized carbons (Fsp3) is 0.800. The monoisotopic (exact) mass is 328 g/mol. The van der Waals surface area contributed by atoms with Gasteiger partial charge < -0.3 is 20.7 Å². The van der Waals surface area contributed by atoms with Gasteiger partial charge in [0, 0.05) is 19.6 Å². The van der Waals surface area contributed by atoms with Gasteiger partial charge in [-0.15, -0.1) is 0 Å². The number of amides is 3. The van der Waals surface area contributed by atoms with Crippen LogP contribution in [0.3, 0.4) is 0 Å². The van der Waals surface area contributed by atoms with Crippen LogP contribution in [0.1, 0.15) is 33.6 Å². The van der Waals surface area contributed by atoms with Gasteiger partial charge in [0.2, 0.25) is 11.8 Å². The lowest BCUT2D eigenvalue weighted by atomic mass is 10.2. The maximum atomic E-state index is 11.6. The van der Waals surface area contributed by atoms with E-state index in [1.807, 2.05) is 20.8 Å². The van der Waals surface area contributed by atoms with Crippen molar-refractivity contribution in [2.45, 2.75) is 39.2 Å². The molecule has 2 rings (SSSR count). The summed E-state index contributed by atoms with van der Waals surface area (Å²) in [6.07, 6.45) is 1.40. The summed E-state index contributed by atoms with van der Waals surface area (Å²) >= 11 is 0. The zero-order chi connectivity index (χ0) is 17.3. The number of hydrogen-bond acceptors (Lipinski definition) is 5. The first-order valence-corrected chi connectivity index (χ1v) is 8.00. The van der Waals surface area contributed by atoms with Gasteiger partial charge in [-0.05, 0) is 40.2 Å². The highest BCUT2D eigenvalue weighted by atomic mass is 16.6. The molecule has 0 aromatic heterocycles. The molecule has 23 heavy (non-hydrogen) atoms. The molecule has 0 radical (unpaired) electrons. The molecule has 0 saturated carbocycles. The van der Waals surface area contributed by atoms with E-state index in [0.29, 0.717) is 19.6 Å². The van der Waals surface area contributed by atoms with Gasteiger partial charge in [-0.3, -0.25) is 14.5 Å². The number of carbonyl (C=O) groups is 3. The van der Waals surface area contributed by atoms with Crippen LogP contribution in [-0.4, -0.2) is 67.7 Å². The van der Waals surface area contributed by atoms with Crippen LogP contribution < -0.4 is 16.0 Å². The normalized spacial score (nSPS) is 19.3.